The van der Waals surface area contributed by atoms with E-state index in [9.17, 15) is 5.26 Å². The van der Waals surface area contributed by atoms with Gasteiger partial charge in [-0.15, -0.1) is 0 Å². The van der Waals surface area contributed by atoms with Crippen molar-refractivity contribution in [2.75, 3.05) is 0 Å². The van der Waals surface area contributed by atoms with Gasteiger partial charge >= 0.3 is 0 Å². The van der Waals surface area contributed by atoms with Gasteiger partial charge in [0.25, 0.3) is 0 Å². The summed E-state index contributed by atoms with van der Waals surface area (Å²) in [6, 6.07) is 60.2. The summed E-state index contributed by atoms with van der Waals surface area (Å²) in [6.45, 7) is 0. The molecule has 0 saturated carbocycles. The van der Waals surface area contributed by atoms with Gasteiger partial charge in [-0.3, -0.25) is 0 Å². The molecule has 3 aromatic heterocycles. The minimum absolute atomic E-state index is 0.468. The number of nitrogens with one attached hydrogen (secondary N) is 1. The van der Waals surface area contributed by atoms with Gasteiger partial charge in [0.2, 0.25) is 0 Å². The first-order chi connectivity index (χ1) is 26.2. The number of para-hydroxylation sites is 4. The summed E-state index contributed by atoms with van der Waals surface area (Å²) in [4.78, 5) is 0. The molecule has 0 unspecified atom stereocenters. The molecule has 0 spiro atoms. The highest BCUT2D eigenvalue weighted by atomic mass is 15.0. The van der Waals surface area contributed by atoms with E-state index in [1.807, 2.05) is 18.2 Å². The van der Waals surface area contributed by atoms with Crippen molar-refractivity contribution in [3.63, 3.8) is 0 Å². The molecule has 0 bridgehead atoms. The lowest BCUT2D eigenvalue weighted by Crippen LogP contribution is -2.05. The Kier molecular flexibility index (Phi) is 6.11. The smallest absolute Gasteiger partial charge is 0.102 e. The SMILES string of the molecule is N#Cc1c(C=N)cc(-n2c3ccc(-n4c5ccccc5c5ccccc54)cc3c3c4ccccc4ccc32)cc1-n1c2ccccc2c2ccccc21. The summed E-state index contributed by atoms with van der Waals surface area (Å²) < 4.78 is 6.86. The van der Waals surface area contributed by atoms with Crippen LogP contribution in [0.15, 0.2) is 164 Å². The standard InChI is InChI=1S/C48H29N5/c49-28-31-25-33(27-47(40(31)29-50)53-43-19-9-5-15-37(43)38-16-6-10-20-44(38)53)52-45-24-22-32(26-39(45)48-34-12-2-1-11-30(34)21-23-46(48)52)51-41-17-7-3-13-35(41)36-14-4-8-18-42(36)51/h1-28,49H. The molecule has 0 aliphatic heterocycles. The van der Waals surface area contributed by atoms with Gasteiger partial charge < -0.3 is 19.1 Å². The van der Waals surface area contributed by atoms with Crippen LogP contribution < -0.4 is 0 Å². The fourth-order valence-corrected chi connectivity index (χ4v) is 8.75. The van der Waals surface area contributed by atoms with E-state index in [-0.39, 0.29) is 0 Å². The number of fused-ring (bicyclic) bond motifs is 11. The topological polar surface area (TPSA) is 62.4 Å². The Bertz CT molecular complexity index is 3280. The number of rotatable bonds is 4. The van der Waals surface area contributed by atoms with Crippen LogP contribution in [0.3, 0.4) is 0 Å². The van der Waals surface area contributed by atoms with Crippen molar-refractivity contribution in [3.8, 4) is 23.1 Å². The van der Waals surface area contributed by atoms with Gasteiger partial charge in [0.15, 0.2) is 0 Å². The summed E-state index contributed by atoms with van der Waals surface area (Å²) in [5.74, 6) is 0. The number of hydrogen-bond donors (Lipinski definition) is 1. The number of nitrogens with zero attached hydrogens (tertiary/aromatic N) is 4. The molecule has 0 aliphatic rings. The number of hydrogen-bond acceptors (Lipinski definition) is 2. The van der Waals surface area contributed by atoms with Crippen LogP contribution in [-0.2, 0) is 0 Å². The second kappa shape index (κ2) is 11.0. The van der Waals surface area contributed by atoms with Crippen molar-refractivity contribution in [2.45, 2.75) is 0 Å². The van der Waals surface area contributed by atoms with E-state index >= 15 is 0 Å². The number of nitriles is 1. The average Bonchev–Trinajstić information content (AvgIpc) is 3.86. The van der Waals surface area contributed by atoms with Gasteiger partial charge in [-0.2, -0.15) is 5.26 Å². The predicted octanol–water partition coefficient (Wildman–Crippen LogP) is 12.0. The molecule has 0 fully saturated rings. The fourth-order valence-electron chi connectivity index (χ4n) is 8.75. The van der Waals surface area contributed by atoms with Crippen LogP contribution in [0, 0.1) is 16.7 Å². The predicted molar refractivity (Wildman–Crippen MR) is 220 cm³/mol. The quantitative estimate of drug-likeness (QED) is 0.185. The molecule has 0 aliphatic carbocycles. The Hall–Kier alpha value is -7.42. The Morgan fingerprint density at radius 1 is 0.434 bits per heavy atom. The molecule has 0 radical (unpaired) electrons. The highest BCUT2D eigenvalue weighted by molar-refractivity contribution is 6.22. The summed E-state index contributed by atoms with van der Waals surface area (Å²) >= 11 is 0. The summed E-state index contributed by atoms with van der Waals surface area (Å²) in [5, 5.41) is 28.5. The van der Waals surface area contributed by atoms with Gasteiger partial charge in [0, 0.05) is 55.5 Å². The Labute approximate surface area is 303 Å². The lowest BCUT2D eigenvalue weighted by molar-refractivity contribution is 1.12. The molecule has 11 aromatic rings. The lowest BCUT2D eigenvalue weighted by Gasteiger charge is -2.16. The number of benzene rings is 8. The third-order valence-electron chi connectivity index (χ3n) is 11.0. The first kappa shape index (κ1) is 29.3. The largest absolute Gasteiger partial charge is 0.309 e. The zero-order valence-corrected chi connectivity index (χ0v) is 28.5. The van der Waals surface area contributed by atoms with Crippen LogP contribution in [0.2, 0.25) is 0 Å². The Morgan fingerprint density at radius 2 is 0.925 bits per heavy atom. The maximum absolute atomic E-state index is 10.7. The van der Waals surface area contributed by atoms with Crippen molar-refractivity contribution in [1.29, 1.82) is 10.7 Å². The second-order valence-corrected chi connectivity index (χ2v) is 13.6. The Balaban J connectivity index is 1.26. The molecule has 1 N–H and O–H groups in total. The van der Waals surface area contributed by atoms with E-state index in [2.05, 4.69) is 165 Å². The number of aromatic nitrogens is 3. The van der Waals surface area contributed by atoms with Crippen molar-refractivity contribution in [1.82, 2.24) is 13.7 Å². The van der Waals surface area contributed by atoms with Gasteiger partial charge in [0.1, 0.15) is 6.07 Å². The average molecular weight is 676 g/mol. The van der Waals surface area contributed by atoms with E-state index in [0.29, 0.717) is 11.1 Å². The van der Waals surface area contributed by atoms with Gasteiger partial charge in [-0.25, -0.2) is 0 Å². The fraction of sp³-hybridized carbons (Fsp3) is 0. The second-order valence-electron chi connectivity index (χ2n) is 13.6. The molecular weight excluding hydrogens is 647 g/mol. The summed E-state index contributed by atoms with van der Waals surface area (Å²) in [7, 11) is 0. The molecule has 0 amide bonds. The van der Waals surface area contributed by atoms with Crippen LogP contribution in [0.4, 0.5) is 0 Å². The highest BCUT2D eigenvalue weighted by Gasteiger charge is 2.22. The van der Waals surface area contributed by atoms with Crippen molar-refractivity contribution in [3.05, 3.63) is 175 Å². The van der Waals surface area contributed by atoms with Crippen LogP contribution in [0.5, 0.6) is 0 Å². The van der Waals surface area contributed by atoms with E-state index in [0.717, 1.165) is 55.3 Å². The molecule has 0 atom stereocenters. The first-order valence-electron chi connectivity index (χ1n) is 17.8. The van der Waals surface area contributed by atoms with Crippen LogP contribution in [0.25, 0.3) is 93.3 Å². The lowest BCUT2D eigenvalue weighted by atomic mass is 10.0. The maximum Gasteiger partial charge on any atom is 0.102 e. The molecule has 5 heteroatoms. The third-order valence-corrected chi connectivity index (χ3v) is 11.0. The molecule has 8 aromatic carbocycles. The van der Waals surface area contributed by atoms with Crippen LogP contribution >= 0.6 is 0 Å². The monoisotopic (exact) mass is 675 g/mol. The zero-order valence-electron chi connectivity index (χ0n) is 28.5. The van der Waals surface area contributed by atoms with Gasteiger partial charge in [-0.1, -0.05) is 103 Å². The summed E-state index contributed by atoms with van der Waals surface area (Å²) in [5.41, 5.74) is 10.2. The van der Waals surface area contributed by atoms with Crippen LogP contribution in [-0.4, -0.2) is 19.9 Å². The molecule has 3 heterocycles. The minimum atomic E-state index is 0.468. The van der Waals surface area contributed by atoms with E-state index < -0.39 is 0 Å². The third kappa shape index (κ3) is 4.03. The first-order valence-corrected chi connectivity index (χ1v) is 17.8. The summed E-state index contributed by atoms with van der Waals surface area (Å²) in [6.07, 6.45) is 1.31. The zero-order chi connectivity index (χ0) is 35.2. The molecule has 0 saturated heterocycles. The Morgan fingerprint density at radius 3 is 1.51 bits per heavy atom. The highest BCUT2D eigenvalue weighted by Crippen LogP contribution is 2.41. The van der Waals surface area contributed by atoms with Crippen LogP contribution in [0.1, 0.15) is 11.1 Å². The minimum Gasteiger partial charge on any atom is -0.309 e. The van der Waals surface area contributed by atoms with E-state index in [1.165, 1.54) is 44.2 Å². The van der Waals surface area contributed by atoms with E-state index in [1.54, 1.807) is 0 Å². The van der Waals surface area contributed by atoms with E-state index in [4.69, 9.17) is 5.41 Å². The molecule has 53 heavy (non-hydrogen) atoms. The van der Waals surface area contributed by atoms with Gasteiger partial charge in [0.05, 0.1) is 44.4 Å². The molecule has 11 rings (SSSR count). The maximum atomic E-state index is 10.7. The van der Waals surface area contributed by atoms with Gasteiger partial charge in [-0.05, 0) is 71.4 Å². The molecule has 246 valence electrons. The van der Waals surface area contributed by atoms with Crippen molar-refractivity contribution in [2.24, 2.45) is 0 Å². The van der Waals surface area contributed by atoms with Crippen molar-refractivity contribution >= 4 is 82.4 Å². The molecule has 5 nitrogen and oxygen atoms in total. The normalized spacial score (nSPS) is 11.8. The molecular formula is C48H29N5. The van der Waals surface area contributed by atoms with Crippen molar-refractivity contribution < 1.29 is 0 Å².